The van der Waals surface area contributed by atoms with Gasteiger partial charge in [0.05, 0.1) is 22.7 Å². The number of halogens is 7. The summed E-state index contributed by atoms with van der Waals surface area (Å²) in [4.78, 5) is 11.5. The first kappa shape index (κ1) is 22.0. The Morgan fingerprint density at radius 1 is 1.07 bits per heavy atom. The SMILES string of the molecule is COC(=O)C(Cl)Cc1cc(Oc2c(Cl)cc(C(F)(F)F)cc2Cl)ccc1Cl. The van der Waals surface area contributed by atoms with E-state index in [2.05, 4.69) is 4.74 Å². The van der Waals surface area contributed by atoms with Gasteiger partial charge in [-0.2, -0.15) is 13.2 Å². The lowest BCUT2D eigenvalue weighted by Crippen LogP contribution is -2.18. The Labute approximate surface area is 172 Å². The van der Waals surface area contributed by atoms with Crippen LogP contribution in [0.5, 0.6) is 11.5 Å². The lowest BCUT2D eigenvalue weighted by molar-refractivity contribution is -0.140. The van der Waals surface area contributed by atoms with E-state index in [4.69, 9.17) is 51.1 Å². The minimum atomic E-state index is -4.59. The molecule has 146 valence electrons. The van der Waals surface area contributed by atoms with Gasteiger partial charge in [-0.15, -0.1) is 11.6 Å². The predicted octanol–water partition coefficient (Wildman–Crippen LogP) is 6.78. The number of ether oxygens (including phenoxy) is 2. The zero-order valence-electron chi connectivity index (χ0n) is 13.5. The molecule has 0 aromatic heterocycles. The van der Waals surface area contributed by atoms with Gasteiger partial charge in [0.2, 0.25) is 0 Å². The summed E-state index contributed by atoms with van der Waals surface area (Å²) in [5.74, 6) is -0.574. The highest BCUT2D eigenvalue weighted by Gasteiger charge is 2.32. The number of rotatable bonds is 5. The van der Waals surface area contributed by atoms with Crippen molar-refractivity contribution in [3.8, 4) is 11.5 Å². The maximum absolute atomic E-state index is 12.8. The Morgan fingerprint density at radius 3 is 2.19 bits per heavy atom. The first-order valence-electron chi connectivity index (χ1n) is 7.27. The third-order valence-electron chi connectivity index (χ3n) is 3.42. The molecule has 0 aliphatic rings. The van der Waals surface area contributed by atoms with E-state index in [0.29, 0.717) is 22.7 Å². The minimum Gasteiger partial charge on any atom is -0.468 e. The minimum absolute atomic E-state index is 0.0543. The van der Waals surface area contributed by atoms with Gasteiger partial charge in [-0.1, -0.05) is 34.8 Å². The molecule has 2 aromatic carbocycles. The zero-order chi connectivity index (χ0) is 20.4. The molecule has 0 saturated heterocycles. The second kappa shape index (κ2) is 8.78. The third-order valence-corrected chi connectivity index (χ3v) is 4.68. The molecule has 0 radical (unpaired) electrons. The van der Waals surface area contributed by atoms with Gasteiger partial charge in [0.25, 0.3) is 0 Å². The smallest absolute Gasteiger partial charge is 0.416 e. The van der Waals surface area contributed by atoms with Gasteiger partial charge < -0.3 is 9.47 Å². The van der Waals surface area contributed by atoms with Crippen LogP contribution in [0.1, 0.15) is 11.1 Å². The van der Waals surface area contributed by atoms with Gasteiger partial charge >= 0.3 is 12.1 Å². The fourth-order valence-electron chi connectivity index (χ4n) is 2.11. The quantitative estimate of drug-likeness (QED) is 0.363. The molecule has 27 heavy (non-hydrogen) atoms. The highest BCUT2D eigenvalue weighted by molar-refractivity contribution is 6.37. The number of esters is 1. The molecule has 2 aromatic rings. The van der Waals surface area contributed by atoms with Gasteiger partial charge in [0, 0.05) is 11.4 Å². The number of benzene rings is 2. The molecule has 0 heterocycles. The molecule has 0 aliphatic heterocycles. The Bertz CT molecular complexity index is 833. The van der Waals surface area contributed by atoms with Crippen molar-refractivity contribution in [2.75, 3.05) is 7.11 Å². The number of carbonyl (C=O) groups excluding carboxylic acids is 1. The number of hydrogen-bond donors (Lipinski definition) is 0. The molecule has 10 heteroatoms. The van der Waals surface area contributed by atoms with E-state index < -0.39 is 23.1 Å². The first-order valence-corrected chi connectivity index (χ1v) is 8.84. The van der Waals surface area contributed by atoms with Gasteiger partial charge in [-0.25, -0.2) is 0 Å². The highest BCUT2D eigenvalue weighted by atomic mass is 35.5. The average Bonchev–Trinajstić information content (AvgIpc) is 2.58. The van der Waals surface area contributed by atoms with Crippen molar-refractivity contribution < 1.29 is 27.4 Å². The topological polar surface area (TPSA) is 35.5 Å². The van der Waals surface area contributed by atoms with Crippen LogP contribution in [0.3, 0.4) is 0 Å². The van der Waals surface area contributed by atoms with E-state index >= 15 is 0 Å². The predicted molar refractivity (Wildman–Crippen MR) is 98.4 cm³/mol. The molecule has 0 amide bonds. The van der Waals surface area contributed by atoms with Crippen molar-refractivity contribution in [2.45, 2.75) is 18.0 Å². The van der Waals surface area contributed by atoms with E-state index in [1.807, 2.05) is 0 Å². The van der Waals surface area contributed by atoms with Crippen LogP contribution in [0, 0.1) is 0 Å². The summed E-state index contributed by atoms with van der Waals surface area (Å²) >= 11 is 23.8. The van der Waals surface area contributed by atoms with Crippen LogP contribution in [-0.2, 0) is 22.1 Å². The molecule has 0 saturated carbocycles. The molecule has 0 spiro atoms. The molecule has 1 unspecified atom stereocenters. The van der Waals surface area contributed by atoms with E-state index in [-0.39, 0.29) is 28.0 Å². The first-order chi connectivity index (χ1) is 12.5. The van der Waals surface area contributed by atoms with Crippen molar-refractivity contribution in [3.63, 3.8) is 0 Å². The van der Waals surface area contributed by atoms with Crippen molar-refractivity contribution in [1.29, 1.82) is 0 Å². The lowest BCUT2D eigenvalue weighted by Gasteiger charge is -2.15. The summed E-state index contributed by atoms with van der Waals surface area (Å²) in [6.45, 7) is 0. The molecule has 0 fully saturated rings. The molecule has 0 aliphatic carbocycles. The molecular formula is C17H11Cl4F3O3. The van der Waals surface area contributed by atoms with Crippen LogP contribution < -0.4 is 4.74 Å². The van der Waals surface area contributed by atoms with Crippen molar-refractivity contribution in [1.82, 2.24) is 0 Å². The Kier molecular flexibility index (Phi) is 7.14. The van der Waals surface area contributed by atoms with Crippen LogP contribution in [0.4, 0.5) is 13.2 Å². The van der Waals surface area contributed by atoms with Crippen molar-refractivity contribution >= 4 is 52.4 Å². The number of alkyl halides is 4. The van der Waals surface area contributed by atoms with Gasteiger partial charge in [0.15, 0.2) is 5.75 Å². The molecule has 2 rings (SSSR count). The molecule has 3 nitrogen and oxygen atoms in total. The third kappa shape index (κ3) is 5.57. The Hall–Kier alpha value is -1.34. The summed E-state index contributed by atoms with van der Waals surface area (Å²) < 4.78 is 48.5. The fourth-order valence-corrected chi connectivity index (χ4v) is 3.13. The van der Waals surface area contributed by atoms with Crippen LogP contribution >= 0.6 is 46.4 Å². The Morgan fingerprint density at radius 2 is 1.67 bits per heavy atom. The Balaban J connectivity index is 2.31. The average molecular weight is 462 g/mol. The summed E-state index contributed by atoms with van der Waals surface area (Å²) in [6, 6.07) is 5.86. The normalized spacial score (nSPS) is 12.6. The number of carbonyl (C=O) groups is 1. The number of methoxy groups -OCH3 is 1. The summed E-state index contributed by atoms with van der Waals surface area (Å²) in [6.07, 6.45) is -4.54. The summed E-state index contributed by atoms with van der Waals surface area (Å²) in [5, 5.41) is -1.27. The van der Waals surface area contributed by atoms with E-state index in [1.54, 1.807) is 0 Å². The van der Waals surface area contributed by atoms with Gasteiger partial charge in [-0.05, 0) is 35.9 Å². The number of hydrogen-bond acceptors (Lipinski definition) is 3. The summed E-state index contributed by atoms with van der Waals surface area (Å²) in [5.41, 5.74) is -0.525. The second-order valence-electron chi connectivity index (χ2n) is 5.32. The van der Waals surface area contributed by atoms with E-state index in [9.17, 15) is 18.0 Å². The van der Waals surface area contributed by atoms with Crippen molar-refractivity contribution in [2.24, 2.45) is 0 Å². The highest BCUT2D eigenvalue weighted by Crippen LogP contribution is 2.42. The molecule has 0 N–H and O–H groups in total. The largest absolute Gasteiger partial charge is 0.468 e. The van der Waals surface area contributed by atoms with Gasteiger partial charge in [-0.3, -0.25) is 4.79 Å². The molecule has 1 atom stereocenters. The summed E-state index contributed by atoms with van der Waals surface area (Å²) in [7, 11) is 1.20. The molecule has 0 bridgehead atoms. The lowest BCUT2D eigenvalue weighted by atomic mass is 10.1. The standard InChI is InChI=1S/C17H11Cl4F3O3/c1-26-16(25)14(21)5-8-4-10(2-3-11(8)18)27-15-12(19)6-9(7-13(15)20)17(22,23)24/h2-4,6-7,14H,5H2,1H3. The van der Waals surface area contributed by atoms with Crippen molar-refractivity contribution in [3.05, 3.63) is 56.5 Å². The van der Waals surface area contributed by atoms with Crippen LogP contribution in [-0.4, -0.2) is 18.5 Å². The van der Waals surface area contributed by atoms with E-state index in [0.717, 1.165) is 0 Å². The molecular weight excluding hydrogens is 451 g/mol. The maximum Gasteiger partial charge on any atom is 0.416 e. The van der Waals surface area contributed by atoms with Crippen LogP contribution in [0.15, 0.2) is 30.3 Å². The zero-order valence-corrected chi connectivity index (χ0v) is 16.6. The fraction of sp³-hybridized carbons (Fsp3) is 0.235. The monoisotopic (exact) mass is 460 g/mol. The second-order valence-corrected chi connectivity index (χ2v) is 7.07. The maximum atomic E-state index is 12.8. The van der Waals surface area contributed by atoms with Crippen LogP contribution in [0.25, 0.3) is 0 Å². The van der Waals surface area contributed by atoms with E-state index in [1.165, 1.54) is 25.3 Å². The van der Waals surface area contributed by atoms with Crippen LogP contribution in [0.2, 0.25) is 15.1 Å². The van der Waals surface area contributed by atoms with Gasteiger partial charge in [0.1, 0.15) is 11.1 Å².